The molecule has 4 heteroatoms. The van der Waals surface area contributed by atoms with Crippen molar-refractivity contribution < 1.29 is 4.79 Å². The lowest BCUT2D eigenvalue weighted by molar-refractivity contribution is 0.0950. The molecule has 0 spiro atoms. The number of hydrogen-bond acceptors (Lipinski definition) is 3. The first-order chi connectivity index (χ1) is 8.25. The summed E-state index contributed by atoms with van der Waals surface area (Å²) in [7, 11) is 0. The van der Waals surface area contributed by atoms with Gasteiger partial charge in [-0.2, -0.15) is 0 Å². The van der Waals surface area contributed by atoms with Crippen LogP contribution in [0, 0.1) is 6.92 Å². The topological polar surface area (TPSA) is 54.9 Å². The number of aromatic nitrogens is 2. The number of nitrogens with zero attached hydrogens (tertiary/aromatic N) is 2. The number of carbonyl (C=O) groups excluding carboxylic acids is 1. The zero-order valence-electron chi connectivity index (χ0n) is 9.55. The maximum absolute atomic E-state index is 11.8. The monoisotopic (exact) mass is 227 g/mol. The summed E-state index contributed by atoms with van der Waals surface area (Å²) < 4.78 is 0. The van der Waals surface area contributed by atoms with Gasteiger partial charge in [0.05, 0.1) is 18.4 Å². The summed E-state index contributed by atoms with van der Waals surface area (Å²) in [6.45, 7) is 2.35. The molecule has 0 saturated heterocycles. The third-order valence-corrected chi connectivity index (χ3v) is 2.33. The standard InChI is InChI=1S/C13H13N3O/c1-10-3-2-4-11(7-10)13(17)16-9-12-8-14-5-6-15-12/h2-8H,9H2,1H3,(H,16,17). The van der Waals surface area contributed by atoms with E-state index in [1.54, 1.807) is 24.7 Å². The van der Waals surface area contributed by atoms with Crippen LogP contribution in [0.25, 0.3) is 0 Å². The summed E-state index contributed by atoms with van der Waals surface area (Å²) in [5.74, 6) is -0.0978. The molecule has 4 nitrogen and oxygen atoms in total. The first-order valence-electron chi connectivity index (χ1n) is 5.35. The Morgan fingerprint density at radius 3 is 2.94 bits per heavy atom. The Labute approximate surface area is 99.7 Å². The molecule has 1 N–H and O–H groups in total. The first kappa shape index (κ1) is 11.3. The van der Waals surface area contributed by atoms with Crippen molar-refractivity contribution in [3.05, 3.63) is 59.7 Å². The molecule has 0 aliphatic rings. The minimum absolute atomic E-state index is 0.0978. The van der Waals surface area contributed by atoms with Gasteiger partial charge < -0.3 is 5.32 Å². The van der Waals surface area contributed by atoms with E-state index in [1.165, 1.54) is 0 Å². The van der Waals surface area contributed by atoms with Crippen LogP contribution in [0.3, 0.4) is 0 Å². The maximum atomic E-state index is 11.8. The van der Waals surface area contributed by atoms with E-state index in [9.17, 15) is 4.79 Å². The molecule has 1 aromatic carbocycles. The fraction of sp³-hybridized carbons (Fsp3) is 0.154. The van der Waals surface area contributed by atoms with Crippen LogP contribution in [0.4, 0.5) is 0 Å². The highest BCUT2D eigenvalue weighted by Gasteiger charge is 2.05. The Balaban J connectivity index is 1.98. The fourth-order valence-electron chi connectivity index (χ4n) is 1.48. The highest BCUT2D eigenvalue weighted by Crippen LogP contribution is 2.03. The molecule has 1 aromatic heterocycles. The third-order valence-electron chi connectivity index (χ3n) is 2.33. The van der Waals surface area contributed by atoms with Gasteiger partial charge in [0.25, 0.3) is 5.91 Å². The molecule has 0 radical (unpaired) electrons. The molecule has 86 valence electrons. The zero-order chi connectivity index (χ0) is 12.1. The van der Waals surface area contributed by atoms with Crippen molar-refractivity contribution in [2.24, 2.45) is 0 Å². The summed E-state index contributed by atoms with van der Waals surface area (Å²) in [5.41, 5.74) is 2.47. The van der Waals surface area contributed by atoms with Crippen LogP contribution in [0.2, 0.25) is 0 Å². The van der Waals surface area contributed by atoms with Crippen molar-refractivity contribution in [2.75, 3.05) is 0 Å². The van der Waals surface area contributed by atoms with Crippen molar-refractivity contribution in [3.63, 3.8) is 0 Å². The molecule has 1 amide bonds. The van der Waals surface area contributed by atoms with E-state index in [1.807, 2.05) is 25.1 Å². The highest BCUT2D eigenvalue weighted by molar-refractivity contribution is 5.94. The van der Waals surface area contributed by atoms with Crippen molar-refractivity contribution >= 4 is 5.91 Å². The minimum atomic E-state index is -0.0978. The molecule has 0 saturated carbocycles. The average molecular weight is 227 g/mol. The minimum Gasteiger partial charge on any atom is -0.346 e. The van der Waals surface area contributed by atoms with E-state index in [-0.39, 0.29) is 5.91 Å². The average Bonchev–Trinajstić information content (AvgIpc) is 2.37. The summed E-state index contributed by atoms with van der Waals surface area (Å²) >= 11 is 0. The summed E-state index contributed by atoms with van der Waals surface area (Å²) in [5, 5.41) is 2.80. The molecular formula is C13H13N3O. The number of benzene rings is 1. The van der Waals surface area contributed by atoms with Gasteiger partial charge in [-0.1, -0.05) is 17.7 Å². The van der Waals surface area contributed by atoms with E-state index in [2.05, 4.69) is 15.3 Å². The number of hydrogen-bond donors (Lipinski definition) is 1. The number of carbonyl (C=O) groups is 1. The lowest BCUT2D eigenvalue weighted by Gasteiger charge is -2.04. The Morgan fingerprint density at radius 2 is 2.24 bits per heavy atom. The van der Waals surface area contributed by atoms with E-state index in [0.717, 1.165) is 11.3 Å². The highest BCUT2D eigenvalue weighted by atomic mass is 16.1. The number of aryl methyl sites for hydroxylation is 1. The van der Waals surface area contributed by atoms with Crippen LogP contribution in [0.5, 0.6) is 0 Å². The van der Waals surface area contributed by atoms with Gasteiger partial charge in [-0.05, 0) is 19.1 Å². The maximum Gasteiger partial charge on any atom is 0.251 e. The Hall–Kier alpha value is -2.23. The van der Waals surface area contributed by atoms with Gasteiger partial charge in [0.2, 0.25) is 0 Å². The molecule has 0 bridgehead atoms. The van der Waals surface area contributed by atoms with Crippen molar-refractivity contribution in [1.29, 1.82) is 0 Å². The van der Waals surface area contributed by atoms with Gasteiger partial charge in [-0.25, -0.2) is 0 Å². The Morgan fingerprint density at radius 1 is 1.35 bits per heavy atom. The van der Waals surface area contributed by atoms with Crippen molar-refractivity contribution in [2.45, 2.75) is 13.5 Å². The molecule has 1 heterocycles. The molecule has 17 heavy (non-hydrogen) atoms. The SMILES string of the molecule is Cc1cccc(C(=O)NCc2cnccn2)c1. The predicted octanol–water partition coefficient (Wildman–Crippen LogP) is 1.72. The van der Waals surface area contributed by atoms with Crippen molar-refractivity contribution in [1.82, 2.24) is 15.3 Å². The normalized spacial score (nSPS) is 9.94. The van der Waals surface area contributed by atoms with Gasteiger partial charge in [0.1, 0.15) is 0 Å². The van der Waals surface area contributed by atoms with Crippen LogP contribution in [-0.2, 0) is 6.54 Å². The Kier molecular flexibility index (Phi) is 3.45. The molecule has 0 aliphatic carbocycles. The lowest BCUT2D eigenvalue weighted by atomic mass is 10.1. The van der Waals surface area contributed by atoms with Crippen LogP contribution >= 0.6 is 0 Å². The third kappa shape index (κ3) is 3.11. The van der Waals surface area contributed by atoms with Gasteiger partial charge in [0, 0.05) is 18.0 Å². The summed E-state index contributed by atoms with van der Waals surface area (Å²) in [4.78, 5) is 19.8. The van der Waals surface area contributed by atoms with Gasteiger partial charge in [-0.15, -0.1) is 0 Å². The van der Waals surface area contributed by atoms with E-state index in [0.29, 0.717) is 12.1 Å². The smallest absolute Gasteiger partial charge is 0.251 e. The van der Waals surface area contributed by atoms with Crippen LogP contribution in [0.1, 0.15) is 21.6 Å². The van der Waals surface area contributed by atoms with Crippen LogP contribution in [0.15, 0.2) is 42.9 Å². The molecule has 2 aromatic rings. The van der Waals surface area contributed by atoms with Crippen LogP contribution in [-0.4, -0.2) is 15.9 Å². The Bertz CT molecular complexity index is 511. The molecule has 0 fully saturated rings. The number of amides is 1. The zero-order valence-corrected chi connectivity index (χ0v) is 9.55. The summed E-state index contributed by atoms with van der Waals surface area (Å²) in [6, 6.07) is 7.47. The van der Waals surface area contributed by atoms with Gasteiger partial charge in [-0.3, -0.25) is 14.8 Å². The number of nitrogens with one attached hydrogen (secondary N) is 1. The molecule has 0 atom stereocenters. The second-order valence-corrected chi connectivity index (χ2v) is 3.75. The largest absolute Gasteiger partial charge is 0.346 e. The van der Waals surface area contributed by atoms with Gasteiger partial charge >= 0.3 is 0 Å². The second kappa shape index (κ2) is 5.21. The van der Waals surface area contributed by atoms with E-state index >= 15 is 0 Å². The molecule has 2 rings (SSSR count). The van der Waals surface area contributed by atoms with Crippen LogP contribution < -0.4 is 5.32 Å². The molecular weight excluding hydrogens is 214 g/mol. The van der Waals surface area contributed by atoms with Crippen molar-refractivity contribution in [3.8, 4) is 0 Å². The predicted molar refractivity (Wildman–Crippen MR) is 64.4 cm³/mol. The quantitative estimate of drug-likeness (QED) is 0.868. The van der Waals surface area contributed by atoms with E-state index < -0.39 is 0 Å². The lowest BCUT2D eigenvalue weighted by Crippen LogP contribution is -2.23. The number of rotatable bonds is 3. The van der Waals surface area contributed by atoms with E-state index in [4.69, 9.17) is 0 Å². The van der Waals surface area contributed by atoms with Gasteiger partial charge in [0.15, 0.2) is 0 Å². The first-order valence-corrected chi connectivity index (χ1v) is 5.35. The second-order valence-electron chi connectivity index (χ2n) is 3.75. The summed E-state index contributed by atoms with van der Waals surface area (Å²) in [6.07, 6.45) is 4.84. The fourth-order valence-corrected chi connectivity index (χ4v) is 1.48. The molecule has 0 unspecified atom stereocenters. The molecule has 0 aliphatic heterocycles.